The molecular formula is C11H12BrNO2. The quantitative estimate of drug-likeness (QED) is 0.852. The summed E-state index contributed by atoms with van der Waals surface area (Å²) in [5.41, 5.74) is 1.21. The fourth-order valence-electron chi connectivity index (χ4n) is 1.85. The Morgan fingerprint density at radius 3 is 2.67 bits per heavy atom. The first kappa shape index (κ1) is 10.5. The second kappa shape index (κ2) is 3.23. The molecule has 1 aliphatic rings. The van der Waals surface area contributed by atoms with Crippen LogP contribution >= 0.6 is 15.9 Å². The summed E-state index contributed by atoms with van der Waals surface area (Å²) in [6, 6.07) is 3.74. The van der Waals surface area contributed by atoms with Crippen molar-refractivity contribution in [3.05, 3.63) is 22.2 Å². The van der Waals surface area contributed by atoms with E-state index >= 15 is 0 Å². The van der Waals surface area contributed by atoms with Crippen LogP contribution in [0, 0.1) is 0 Å². The van der Waals surface area contributed by atoms with Gasteiger partial charge in [0, 0.05) is 10.0 Å². The van der Waals surface area contributed by atoms with Gasteiger partial charge in [-0.25, -0.2) is 0 Å². The van der Waals surface area contributed by atoms with Crippen LogP contribution in [0.5, 0.6) is 5.75 Å². The summed E-state index contributed by atoms with van der Waals surface area (Å²) >= 11 is 3.42. The van der Waals surface area contributed by atoms with E-state index in [4.69, 9.17) is 4.74 Å². The molecule has 1 heterocycles. The number of ether oxygens (including phenoxy) is 1. The van der Waals surface area contributed by atoms with Crippen LogP contribution in [0.25, 0.3) is 0 Å². The number of carbonyl (C=O) groups is 1. The molecule has 0 saturated carbocycles. The maximum atomic E-state index is 11.8. The lowest BCUT2D eigenvalue weighted by molar-refractivity contribution is -0.119. The second-order valence-corrected chi connectivity index (χ2v) is 4.93. The van der Waals surface area contributed by atoms with Crippen molar-refractivity contribution >= 4 is 27.5 Å². The number of halogens is 1. The van der Waals surface area contributed by atoms with Crippen LogP contribution in [0.2, 0.25) is 0 Å². The van der Waals surface area contributed by atoms with Gasteiger partial charge in [0.05, 0.1) is 18.2 Å². The summed E-state index contributed by atoms with van der Waals surface area (Å²) in [6.07, 6.45) is 0. The molecule has 1 aromatic carbocycles. The van der Waals surface area contributed by atoms with Crippen molar-refractivity contribution in [3.63, 3.8) is 0 Å². The van der Waals surface area contributed by atoms with Gasteiger partial charge in [-0.2, -0.15) is 0 Å². The van der Waals surface area contributed by atoms with Gasteiger partial charge in [0.2, 0.25) is 5.91 Å². The van der Waals surface area contributed by atoms with E-state index in [0.717, 1.165) is 21.5 Å². The highest BCUT2D eigenvalue weighted by atomic mass is 79.9. The highest BCUT2D eigenvalue weighted by Crippen LogP contribution is 2.46. The SMILES string of the molecule is COc1ccc(Br)c2c1C(C)(C)C(=O)N2. The lowest BCUT2D eigenvalue weighted by atomic mass is 9.85. The summed E-state index contributed by atoms with van der Waals surface area (Å²) in [6.45, 7) is 3.78. The maximum Gasteiger partial charge on any atom is 0.234 e. The van der Waals surface area contributed by atoms with E-state index in [-0.39, 0.29) is 5.91 Å². The number of rotatable bonds is 1. The largest absolute Gasteiger partial charge is 0.496 e. The van der Waals surface area contributed by atoms with Gasteiger partial charge in [0.15, 0.2) is 0 Å². The lowest BCUT2D eigenvalue weighted by Crippen LogP contribution is -2.27. The maximum absolute atomic E-state index is 11.8. The molecule has 0 aromatic heterocycles. The van der Waals surface area contributed by atoms with Crippen LogP contribution in [0.4, 0.5) is 5.69 Å². The topological polar surface area (TPSA) is 38.3 Å². The molecule has 0 aliphatic carbocycles. The molecule has 2 rings (SSSR count). The predicted molar refractivity (Wildman–Crippen MR) is 62.3 cm³/mol. The average Bonchev–Trinajstić information content (AvgIpc) is 2.42. The zero-order chi connectivity index (χ0) is 11.2. The molecule has 4 heteroatoms. The number of nitrogens with one attached hydrogen (secondary N) is 1. The number of anilines is 1. The van der Waals surface area contributed by atoms with Crippen molar-refractivity contribution in [3.8, 4) is 5.75 Å². The Bertz CT molecular complexity index is 440. The molecule has 0 fully saturated rings. The highest BCUT2D eigenvalue weighted by molar-refractivity contribution is 9.10. The van der Waals surface area contributed by atoms with Gasteiger partial charge in [-0.05, 0) is 41.9 Å². The number of carbonyl (C=O) groups excluding carboxylic acids is 1. The molecule has 0 radical (unpaired) electrons. The molecule has 15 heavy (non-hydrogen) atoms. The molecule has 1 aliphatic heterocycles. The van der Waals surface area contributed by atoms with Gasteiger partial charge in [-0.15, -0.1) is 0 Å². The standard InChI is InChI=1S/C11H12BrNO2/c1-11(2)8-7(15-3)5-4-6(12)9(8)13-10(11)14/h4-5H,1-3H3,(H,13,14). The third-order valence-corrected chi connectivity index (χ3v) is 3.43. The van der Waals surface area contributed by atoms with Crippen LogP contribution in [-0.2, 0) is 10.2 Å². The predicted octanol–water partition coefficient (Wildman–Crippen LogP) is 2.69. The number of amides is 1. The Hall–Kier alpha value is -1.03. The number of hydrogen-bond acceptors (Lipinski definition) is 2. The number of benzene rings is 1. The lowest BCUT2D eigenvalue weighted by Gasteiger charge is -2.18. The normalized spacial score (nSPS) is 17.2. The average molecular weight is 270 g/mol. The fraction of sp³-hybridized carbons (Fsp3) is 0.364. The molecule has 3 nitrogen and oxygen atoms in total. The highest BCUT2D eigenvalue weighted by Gasteiger charge is 2.41. The second-order valence-electron chi connectivity index (χ2n) is 4.08. The van der Waals surface area contributed by atoms with Crippen molar-refractivity contribution in [2.24, 2.45) is 0 Å². The number of hydrogen-bond donors (Lipinski definition) is 1. The number of fused-ring (bicyclic) bond motifs is 1. The van der Waals surface area contributed by atoms with Crippen molar-refractivity contribution < 1.29 is 9.53 Å². The van der Waals surface area contributed by atoms with E-state index in [2.05, 4.69) is 21.2 Å². The van der Waals surface area contributed by atoms with Crippen molar-refractivity contribution in [1.29, 1.82) is 0 Å². The van der Waals surface area contributed by atoms with Crippen molar-refractivity contribution in [2.45, 2.75) is 19.3 Å². The third-order valence-electron chi connectivity index (χ3n) is 2.77. The van der Waals surface area contributed by atoms with Crippen LogP contribution in [0.3, 0.4) is 0 Å². The Morgan fingerprint density at radius 1 is 1.40 bits per heavy atom. The molecule has 0 saturated heterocycles. The Balaban J connectivity index is 2.73. The van der Waals surface area contributed by atoms with E-state index in [1.165, 1.54) is 0 Å². The molecule has 1 aromatic rings. The van der Waals surface area contributed by atoms with Crippen LogP contribution in [0.1, 0.15) is 19.4 Å². The van der Waals surface area contributed by atoms with E-state index in [1.54, 1.807) is 7.11 Å². The molecule has 0 bridgehead atoms. The van der Waals surface area contributed by atoms with E-state index in [1.807, 2.05) is 26.0 Å². The summed E-state index contributed by atoms with van der Waals surface area (Å²) < 4.78 is 6.17. The van der Waals surface area contributed by atoms with Crippen LogP contribution in [-0.4, -0.2) is 13.0 Å². The molecule has 80 valence electrons. The first-order chi connectivity index (χ1) is 6.98. The van der Waals surface area contributed by atoms with Gasteiger partial charge in [-0.1, -0.05) is 0 Å². The Labute approximate surface area is 96.9 Å². The van der Waals surface area contributed by atoms with E-state index in [9.17, 15) is 4.79 Å². The van der Waals surface area contributed by atoms with E-state index in [0.29, 0.717) is 0 Å². The van der Waals surface area contributed by atoms with Gasteiger partial charge in [-0.3, -0.25) is 4.79 Å². The first-order valence-corrected chi connectivity index (χ1v) is 5.46. The molecule has 0 spiro atoms. The summed E-state index contributed by atoms with van der Waals surface area (Å²) in [4.78, 5) is 11.8. The van der Waals surface area contributed by atoms with Crippen molar-refractivity contribution in [2.75, 3.05) is 12.4 Å². The molecule has 1 N–H and O–H groups in total. The summed E-state index contributed by atoms with van der Waals surface area (Å²) in [7, 11) is 1.61. The summed E-state index contributed by atoms with van der Waals surface area (Å²) in [5, 5.41) is 2.86. The van der Waals surface area contributed by atoms with E-state index < -0.39 is 5.41 Å². The van der Waals surface area contributed by atoms with Gasteiger partial charge in [0.1, 0.15) is 5.75 Å². The van der Waals surface area contributed by atoms with Gasteiger partial charge in [0.25, 0.3) is 0 Å². The minimum absolute atomic E-state index is 0.00250. The minimum Gasteiger partial charge on any atom is -0.496 e. The van der Waals surface area contributed by atoms with Gasteiger partial charge < -0.3 is 10.1 Å². The van der Waals surface area contributed by atoms with Crippen LogP contribution in [0.15, 0.2) is 16.6 Å². The molecular weight excluding hydrogens is 258 g/mol. The van der Waals surface area contributed by atoms with Crippen molar-refractivity contribution in [1.82, 2.24) is 0 Å². The minimum atomic E-state index is -0.537. The molecule has 1 amide bonds. The monoisotopic (exact) mass is 269 g/mol. The Morgan fingerprint density at radius 2 is 2.07 bits per heavy atom. The smallest absolute Gasteiger partial charge is 0.234 e. The fourth-order valence-corrected chi connectivity index (χ4v) is 2.28. The molecule has 0 unspecified atom stereocenters. The summed E-state index contributed by atoms with van der Waals surface area (Å²) in [5.74, 6) is 0.749. The number of methoxy groups -OCH3 is 1. The molecule has 0 atom stereocenters. The van der Waals surface area contributed by atoms with Gasteiger partial charge >= 0.3 is 0 Å². The zero-order valence-corrected chi connectivity index (χ0v) is 10.4. The van der Waals surface area contributed by atoms with Crippen LogP contribution < -0.4 is 10.1 Å². The Kier molecular flexibility index (Phi) is 2.26. The first-order valence-electron chi connectivity index (χ1n) is 4.67. The zero-order valence-electron chi connectivity index (χ0n) is 8.85. The third kappa shape index (κ3) is 1.35.